The van der Waals surface area contributed by atoms with Crippen LogP contribution in [0.5, 0.6) is 5.75 Å². The van der Waals surface area contributed by atoms with E-state index in [1.165, 1.54) is 18.9 Å². The molecule has 9 heteroatoms. The molecular weight excluding hydrogens is 502 g/mol. The minimum atomic E-state index is -0.669. The second kappa shape index (κ2) is 12.9. The van der Waals surface area contributed by atoms with Crippen LogP contribution in [0.2, 0.25) is 0 Å². The van der Waals surface area contributed by atoms with Gasteiger partial charge in [0.05, 0.1) is 30.7 Å². The molecule has 0 aliphatic carbocycles. The SMILES string of the molecule is CCOC(=O)c1ccc(N=C2SC(C(=O)Nc3ccccc3OC)CC(=O)N2CCc2ccccc2)cc1. The minimum Gasteiger partial charge on any atom is -0.495 e. The monoisotopic (exact) mass is 531 g/mol. The summed E-state index contributed by atoms with van der Waals surface area (Å²) in [5.41, 5.74) is 2.61. The van der Waals surface area contributed by atoms with Crippen molar-refractivity contribution < 1.29 is 23.9 Å². The zero-order valence-corrected chi connectivity index (χ0v) is 22.1. The van der Waals surface area contributed by atoms with E-state index in [2.05, 4.69) is 5.32 Å². The normalized spacial score (nSPS) is 16.3. The van der Waals surface area contributed by atoms with Gasteiger partial charge in [-0.15, -0.1) is 0 Å². The lowest BCUT2D eigenvalue weighted by Crippen LogP contribution is -2.46. The average molecular weight is 532 g/mol. The Morgan fingerprint density at radius 3 is 2.45 bits per heavy atom. The fraction of sp³-hybridized carbons (Fsp3) is 0.241. The Hall–Kier alpha value is -4.11. The summed E-state index contributed by atoms with van der Waals surface area (Å²) in [6.45, 7) is 2.47. The Labute approximate surface area is 226 Å². The van der Waals surface area contributed by atoms with E-state index in [4.69, 9.17) is 14.5 Å². The number of aliphatic imine (C=N–C) groups is 1. The van der Waals surface area contributed by atoms with E-state index in [9.17, 15) is 14.4 Å². The predicted octanol–water partition coefficient (Wildman–Crippen LogP) is 5.07. The summed E-state index contributed by atoms with van der Waals surface area (Å²) in [7, 11) is 1.53. The molecule has 0 spiro atoms. The number of anilines is 1. The molecule has 4 rings (SSSR count). The van der Waals surface area contributed by atoms with Crippen molar-refractivity contribution in [1.29, 1.82) is 0 Å². The number of hydrogen-bond acceptors (Lipinski definition) is 7. The van der Waals surface area contributed by atoms with Crippen LogP contribution in [0, 0.1) is 0 Å². The van der Waals surface area contributed by atoms with Crippen molar-refractivity contribution in [2.24, 2.45) is 4.99 Å². The molecule has 38 heavy (non-hydrogen) atoms. The molecule has 1 atom stereocenters. The molecule has 1 aliphatic rings. The molecule has 8 nitrogen and oxygen atoms in total. The highest BCUT2D eigenvalue weighted by Crippen LogP contribution is 2.31. The molecule has 1 unspecified atom stereocenters. The number of hydrogen-bond donors (Lipinski definition) is 1. The van der Waals surface area contributed by atoms with Crippen LogP contribution < -0.4 is 10.1 Å². The standard InChI is InChI=1S/C29H29N3O5S/c1-3-37-28(35)21-13-15-22(16-14-21)30-29-32(18-17-20-9-5-4-6-10-20)26(33)19-25(38-29)27(34)31-23-11-7-8-12-24(23)36-2/h4-16,25H,3,17-19H2,1-2H3,(H,31,34). The van der Waals surface area contributed by atoms with Crippen molar-refractivity contribution >= 4 is 46.1 Å². The second-order valence-electron chi connectivity index (χ2n) is 8.44. The molecule has 1 heterocycles. The molecule has 0 radical (unpaired) electrons. The van der Waals surface area contributed by atoms with Gasteiger partial charge in [-0.1, -0.05) is 54.2 Å². The summed E-state index contributed by atoms with van der Waals surface area (Å²) in [5.74, 6) is -0.359. The predicted molar refractivity (Wildman–Crippen MR) is 149 cm³/mol. The van der Waals surface area contributed by atoms with E-state index in [0.717, 1.165) is 5.56 Å². The van der Waals surface area contributed by atoms with Gasteiger partial charge in [0.1, 0.15) is 11.0 Å². The maximum atomic E-state index is 13.3. The zero-order valence-electron chi connectivity index (χ0n) is 21.3. The van der Waals surface area contributed by atoms with Crippen molar-refractivity contribution in [2.45, 2.75) is 25.0 Å². The van der Waals surface area contributed by atoms with Crippen LogP contribution >= 0.6 is 11.8 Å². The molecule has 1 aliphatic heterocycles. The van der Waals surface area contributed by atoms with Crippen LogP contribution in [0.15, 0.2) is 83.9 Å². The fourth-order valence-corrected chi connectivity index (χ4v) is 5.03. The van der Waals surface area contributed by atoms with E-state index < -0.39 is 11.2 Å². The van der Waals surface area contributed by atoms with Gasteiger partial charge >= 0.3 is 5.97 Å². The molecule has 1 N–H and O–H groups in total. The van der Waals surface area contributed by atoms with Crippen LogP contribution in [0.25, 0.3) is 0 Å². The number of carbonyl (C=O) groups excluding carboxylic acids is 3. The number of ether oxygens (including phenoxy) is 2. The first kappa shape index (κ1) is 26.9. The van der Waals surface area contributed by atoms with Crippen LogP contribution in [-0.2, 0) is 20.7 Å². The Balaban J connectivity index is 1.57. The first-order chi connectivity index (χ1) is 18.5. The molecule has 0 aromatic heterocycles. The largest absolute Gasteiger partial charge is 0.495 e. The highest BCUT2D eigenvalue weighted by Gasteiger charge is 2.36. The van der Waals surface area contributed by atoms with E-state index in [0.29, 0.717) is 40.8 Å². The van der Waals surface area contributed by atoms with Crippen LogP contribution in [0.4, 0.5) is 11.4 Å². The second-order valence-corrected chi connectivity index (χ2v) is 9.61. The zero-order chi connectivity index (χ0) is 26.9. The van der Waals surface area contributed by atoms with Gasteiger partial charge in [-0.05, 0) is 55.3 Å². The van der Waals surface area contributed by atoms with Gasteiger partial charge in [0.15, 0.2) is 5.17 Å². The van der Waals surface area contributed by atoms with Crippen molar-refractivity contribution in [3.63, 3.8) is 0 Å². The number of esters is 1. The van der Waals surface area contributed by atoms with Gasteiger partial charge in [0.25, 0.3) is 0 Å². The third kappa shape index (κ3) is 6.80. The third-order valence-corrected chi connectivity index (χ3v) is 7.05. The lowest BCUT2D eigenvalue weighted by Gasteiger charge is -2.32. The molecule has 196 valence electrons. The number of thioether (sulfide) groups is 1. The number of nitrogens with zero attached hydrogens (tertiary/aromatic N) is 2. The van der Waals surface area contributed by atoms with Crippen LogP contribution in [0.3, 0.4) is 0 Å². The number of rotatable bonds is 9. The fourth-order valence-electron chi connectivity index (χ4n) is 3.90. The molecule has 0 bridgehead atoms. The number of methoxy groups -OCH3 is 1. The third-order valence-electron chi connectivity index (χ3n) is 5.87. The number of carbonyl (C=O) groups is 3. The van der Waals surface area contributed by atoms with Crippen molar-refractivity contribution in [3.8, 4) is 5.75 Å². The average Bonchev–Trinajstić information content (AvgIpc) is 2.94. The number of amides is 2. The molecule has 3 aromatic rings. The maximum Gasteiger partial charge on any atom is 0.338 e. The summed E-state index contributed by atoms with van der Waals surface area (Å²) in [6.07, 6.45) is 0.688. The first-order valence-electron chi connectivity index (χ1n) is 12.3. The van der Waals surface area contributed by atoms with E-state index >= 15 is 0 Å². The quantitative estimate of drug-likeness (QED) is 0.387. The van der Waals surface area contributed by atoms with Crippen molar-refractivity contribution in [3.05, 3.63) is 90.0 Å². The van der Waals surface area contributed by atoms with E-state index in [1.54, 1.807) is 54.3 Å². The van der Waals surface area contributed by atoms with Crippen LogP contribution in [-0.4, -0.2) is 53.4 Å². The number of benzene rings is 3. The summed E-state index contributed by atoms with van der Waals surface area (Å²) in [6, 6.07) is 23.7. The summed E-state index contributed by atoms with van der Waals surface area (Å²) < 4.78 is 10.4. The lowest BCUT2D eigenvalue weighted by atomic mass is 10.1. The summed E-state index contributed by atoms with van der Waals surface area (Å²) in [4.78, 5) is 44.8. The Morgan fingerprint density at radius 2 is 1.74 bits per heavy atom. The van der Waals surface area contributed by atoms with Crippen molar-refractivity contribution in [1.82, 2.24) is 4.90 Å². The highest BCUT2D eigenvalue weighted by molar-refractivity contribution is 8.15. The van der Waals surface area contributed by atoms with E-state index in [-0.39, 0.29) is 24.8 Å². The summed E-state index contributed by atoms with van der Waals surface area (Å²) >= 11 is 1.24. The first-order valence-corrected chi connectivity index (χ1v) is 13.2. The van der Waals surface area contributed by atoms with Gasteiger partial charge in [-0.25, -0.2) is 9.79 Å². The minimum absolute atomic E-state index is 0.0429. The number of amidine groups is 1. The lowest BCUT2D eigenvalue weighted by molar-refractivity contribution is -0.129. The molecular formula is C29H29N3O5S. The molecule has 1 fully saturated rings. The topological polar surface area (TPSA) is 97.3 Å². The van der Waals surface area contributed by atoms with Gasteiger partial charge in [-0.3, -0.25) is 14.5 Å². The number of nitrogens with one attached hydrogen (secondary N) is 1. The van der Waals surface area contributed by atoms with Gasteiger partial charge < -0.3 is 14.8 Å². The van der Waals surface area contributed by atoms with Crippen LogP contribution in [0.1, 0.15) is 29.3 Å². The van der Waals surface area contributed by atoms with Gasteiger partial charge in [0.2, 0.25) is 11.8 Å². The molecule has 3 aromatic carbocycles. The Kier molecular flexibility index (Phi) is 9.16. The van der Waals surface area contributed by atoms with Gasteiger partial charge in [0, 0.05) is 13.0 Å². The summed E-state index contributed by atoms with van der Waals surface area (Å²) in [5, 5.41) is 2.64. The van der Waals surface area contributed by atoms with E-state index in [1.807, 2.05) is 36.4 Å². The molecule has 2 amide bonds. The number of para-hydroxylation sites is 2. The highest BCUT2D eigenvalue weighted by atomic mass is 32.2. The van der Waals surface area contributed by atoms with Gasteiger partial charge in [-0.2, -0.15) is 0 Å². The smallest absolute Gasteiger partial charge is 0.338 e. The van der Waals surface area contributed by atoms with Crippen molar-refractivity contribution in [2.75, 3.05) is 25.6 Å². The maximum absolute atomic E-state index is 13.3. The Morgan fingerprint density at radius 1 is 1.03 bits per heavy atom. The molecule has 0 saturated carbocycles. The Bertz CT molecular complexity index is 1310. The molecule has 1 saturated heterocycles.